The highest BCUT2D eigenvalue weighted by atomic mass is 15.2. The van der Waals surface area contributed by atoms with Gasteiger partial charge in [0.05, 0.1) is 28.2 Å². The largest absolute Gasteiger partial charge is 0.310 e. The first-order valence-corrected chi connectivity index (χ1v) is 21.7. The van der Waals surface area contributed by atoms with E-state index in [9.17, 15) is 0 Å². The van der Waals surface area contributed by atoms with Crippen molar-refractivity contribution >= 4 is 55.7 Å². The second-order valence-electron chi connectivity index (χ2n) is 17.2. The SMILES string of the molecule is CC1(C)c2ccccc2C2(c3ccccc3-c3c(N(c4ccccc4)c4cccc5ccccc45)cccc32)c2cccc(N(c3ccccc3)c3cccc4ccccc34)c21. The van der Waals surface area contributed by atoms with Gasteiger partial charge in [-0.2, -0.15) is 0 Å². The molecule has 0 aromatic heterocycles. The zero-order chi connectivity index (χ0) is 41.4. The van der Waals surface area contributed by atoms with Crippen LogP contribution in [0.1, 0.15) is 47.2 Å². The van der Waals surface area contributed by atoms with Gasteiger partial charge in [-0.1, -0.05) is 196 Å². The van der Waals surface area contributed by atoms with Gasteiger partial charge in [-0.15, -0.1) is 0 Å². The van der Waals surface area contributed by atoms with Crippen LogP contribution >= 0.6 is 0 Å². The Bertz CT molecular complexity index is 3340. The molecule has 0 amide bonds. The van der Waals surface area contributed by atoms with E-state index in [1.54, 1.807) is 0 Å². The molecule has 1 spiro atoms. The minimum atomic E-state index is -0.610. The second kappa shape index (κ2) is 13.9. The number of nitrogens with zero attached hydrogens (tertiary/aromatic N) is 2. The summed E-state index contributed by atoms with van der Waals surface area (Å²) in [6, 6.07) is 85.3. The monoisotopic (exact) mass is 792 g/mol. The van der Waals surface area contributed by atoms with Gasteiger partial charge in [-0.25, -0.2) is 0 Å². The van der Waals surface area contributed by atoms with E-state index < -0.39 is 5.41 Å². The first-order chi connectivity index (χ1) is 30.6. The molecule has 294 valence electrons. The van der Waals surface area contributed by atoms with Crippen LogP contribution < -0.4 is 9.80 Å². The third-order valence-corrected chi connectivity index (χ3v) is 13.6. The topological polar surface area (TPSA) is 6.48 Å². The normalized spacial score (nSPS) is 15.5. The molecule has 0 saturated carbocycles. The Labute approximate surface area is 363 Å². The van der Waals surface area contributed by atoms with Crippen molar-refractivity contribution in [2.75, 3.05) is 9.80 Å². The minimum absolute atomic E-state index is 0.361. The van der Waals surface area contributed by atoms with Crippen LogP contribution in [0.15, 0.2) is 231 Å². The molecule has 12 rings (SSSR count). The fourth-order valence-electron chi connectivity index (χ4n) is 11.2. The van der Waals surface area contributed by atoms with Crippen molar-refractivity contribution in [2.24, 2.45) is 0 Å². The first kappa shape index (κ1) is 36.2. The maximum absolute atomic E-state index is 2.51. The van der Waals surface area contributed by atoms with E-state index in [2.05, 4.69) is 254 Å². The lowest BCUT2D eigenvalue weighted by molar-refractivity contribution is 0.564. The molecular weight excluding hydrogens is 749 g/mol. The molecule has 2 aliphatic rings. The summed E-state index contributed by atoms with van der Waals surface area (Å²) in [5.41, 5.74) is 16.4. The minimum Gasteiger partial charge on any atom is -0.310 e. The predicted octanol–water partition coefficient (Wildman–Crippen LogP) is 15.9. The maximum atomic E-state index is 2.51. The highest BCUT2D eigenvalue weighted by Gasteiger charge is 2.55. The summed E-state index contributed by atoms with van der Waals surface area (Å²) in [4.78, 5) is 5.00. The van der Waals surface area contributed by atoms with Crippen LogP contribution in [0.25, 0.3) is 32.7 Å². The van der Waals surface area contributed by atoms with Crippen LogP contribution in [-0.2, 0) is 10.8 Å². The molecule has 2 aliphatic carbocycles. The van der Waals surface area contributed by atoms with E-state index in [1.807, 2.05) is 0 Å². The predicted molar refractivity (Wildman–Crippen MR) is 260 cm³/mol. The van der Waals surface area contributed by atoms with Gasteiger partial charge in [0.1, 0.15) is 0 Å². The number of para-hydroxylation sites is 2. The summed E-state index contributed by atoms with van der Waals surface area (Å²) in [5.74, 6) is 0. The molecule has 1 unspecified atom stereocenters. The van der Waals surface area contributed by atoms with Crippen LogP contribution in [0.4, 0.5) is 34.1 Å². The molecule has 0 N–H and O–H groups in total. The molecule has 0 saturated heterocycles. The van der Waals surface area contributed by atoms with Gasteiger partial charge in [-0.3, -0.25) is 0 Å². The van der Waals surface area contributed by atoms with E-state index >= 15 is 0 Å². The van der Waals surface area contributed by atoms with Crippen LogP contribution in [-0.4, -0.2) is 0 Å². The lowest BCUT2D eigenvalue weighted by atomic mass is 9.55. The van der Waals surface area contributed by atoms with Crippen molar-refractivity contribution < 1.29 is 0 Å². The molecular formula is C60H44N2. The highest BCUT2D eigenvalue weighted by molar-refractivity contribution is 6.05. The third kappa shape index (κ3) is 5.10. The number of fused-ring (bicyclic) bond motifs is 11. The molecule has 62 heavy (non-hydrogen) atoms. The number of anilines is 6. The van der Waals surface area contributed by atoms with Gasteiger partial charge in [0.25, 0.3) is 0 Å². The molecule has 0 heterocycles. The summed E-state index contributed by atoms with van der Waals surface area (Å²) < 4.78 is 0. The summed E-state index contributed by atoms with van der Waals surface area (Å²) in [5, 5.41) is 4.87. The number of hydrogen-bond donors (Lipinski definition) is 0. The van der Waals surface area contributed by atoms with E-state index in [0.717, 1.165) is 28.4 Å². The Kier molecular flexibility index (Phi) is 8.14. The number of hydrogen-bond acceptors (Lipinski definition) is 2. The molecule has 0 bridgehead atoms. The molecule has 1 atom stereocenters. The fraction of sp³-hybridized carbons (Fsp3) is 0.0667. The van der Waals surface area contributed by atoms with Crippen LogP contribution in [0, 0.1) is 0 Å². The fourth-order valence-corrected chi connectivity index (χ4v) is 11.2. The van der Waals surface area contributed by atoms with Gasteiger partial charge in [0.15, 0.2) is 0 Å². The smallest absolute Gasteiger partial charge is 0.0721 e. The van der Waals surface area contributed by atoms with Gasteiger partial charge < -0.3 is 9.80 Å². The molecule has 0 aliphatic heterocycles. The van der Waals surface area contributed by atoms with Crippen molar-refractivity contribution in [1.29, 1.82) is 0 Å². The van der Waals surface area contributed by atoms with Gasteiger partial charge in [0.2, 0.25) is 0 Å². The summed E-state index contributed by atoms with van der Waals surface area (Å²) in [7, 11) is 0. The Morgan fingerprint density at radius 3 is 1.35 bits per heavy atom. The van der Waals surface area contributed by atoms with Gasteiger partial charge >= 0.3 is 0 Å². The Balaban J connectivity index is 1.20. The van der Waals surface area contributed by atoms with E-state index in [0.29, 0.717) is 0 Å². The summed E-state index contributed by atoms with van der Waals surface area (Å²) >= 11 is 0. The van der Waals surface area contributed by atoms with Crippen LogP contribution in [0.3, 0.4) is 0 Å². The highest BCUT2D eigenvalue weighted by Crippen LogP contribution is 2.65. The Hall–Kier alpha value is -7.68. The quantitative estimate of drug-likeness (QED) is 0.165. The van der Waals surface area contributed by atoms with Gasteiger partial charge in [-0.05, 0) is 98.2 Å². The molecule has 0 radical (unpaired) electrons. The lowest BCUT2D eigenvalue weighted by Crippen LogP contribution is -2.41. The van der Waals surface area contributed by atoms with Crippen molar-refractivity contribution in [2.45, 2.75) is 24.7 Å². The second-order valence-corrected chi connectivity index (χ2v) is 17.2. The summed E-state index contributed by atoms with van der Waals surface area (Å²) in [6.07, 6.45) is 0. The van der Waals surface area contributed by atoms with Crippen molar-refractivity contribution in [3.05, 3.63) is 264 Å². The standard InChI is InChI=1S/C60H44N2/c1-59(2)49-33-15-16-34-50(49)60(52-36-20-40-56(58(52)59)62(44-27-7-4-8-28-44)54-38-18-24-42-22-10-12-30-46(42)54)48-32-14-13-31-47(48)57-51(60)35-19-39-55(57)61(43-25-5-3-6-26-43)53-37-17-23-41-21-9-11-29-45(41)53/h3-40H,1-2H3. The molecule has 0 fully saturated rings. The van der Waals surface area contributed by atoms with Crippen molar-refractivity contribution in [3.63, 3.8) is 0 Å². The van der Waals surface area contributed by atoms with Crippen LogP contribution in [0.5, 0.6) is 0 Å². The van der Waals surface area contributed by atoms with Crippen LogP contribution in [0.2, 0.25) is 0 Å². The maximum Gasteiger partial charge on any atom is 0.0721 e. The number of benzene rings is 10. The zero-order valence-electron chi connectivity index (χ0n) is 34.8. The van der Waals surface area contributed by atoms with E-state index in [4.69, 9.17) is 0 Å². The molecule has 2 nitrogen and oxygen atoms in total. The Morgan fingerprint density at radius 2 is 0.726 bits per heavy atom. The van der Waals surface area contributed by atoms with E-state index in [1.165, 1.54) is 71.7 Å². The zero-order valence-corrected chi connectivity index (χ0v) is 34.8. The average molecular weight is 793 g/mol. The lowest BCUT2D eigenvalue weighted by Gasteiger charge is -2.48. The molecule has 10 aromatic carbocycles. The van der Waals surface area contributed by atoms with Gasteiger partial charge in [0, 0.05) is 33.1 Å². The third-order valence-electron chi connectivity index (χ3n) is 13.6. The Morgan fingerprint density at radius 1 is 0.306 bits per heavy atom. The van der Waals surface area contributed by atoms with Crippen molar-refractivity contribution in [1.82, 2.24) is 0 Å². The molecule has 10 aromatic rings. The first-order valence-electron chi connectivity index (χ1n) is 21.7. The van der Waals surface area contributed by atoms with E-state index in [-0.39, 0.29) is 5.41 Å². The summed E-state index contributed by atoms with van der Waals surface area (Å²) in [6.45, 7) is 4.87. The van der Waals surface area contributed by atoms with Crippen molar-refractivity contribution in [3.8, 4) is 11.1 Å². The number of rotatable bonds is 6. The molecule has 2 heteroatoms. The average Bonchev–Trinajstić information content (AvgIpc) is 3.63.